The molecule has 4 rings (SSSR count). The fraction of sp³-hybridized carbons (Fsp3) is 0.533. The van der Waals surface area contributed by atoms with E-state index in [1.165, 1.54) is 23.6 Å². The predicted molar refractivity (Wildman–Crippen MR) is 292 cm³/mol. The number of ether oxygens (including phenoxy) is 5. The van der Waals surface area contributed by atoms with Crippen LogP contribution in [0.2, 0.25) is 0 Å². The number of hydrogen-bond donors (Lipinski definition) is 0. The van der Waals surface area contributed by atoms with Crippen molar-refractivity contribution in [2.45, 2.75) is 159 Å². The maximum absolute atomic E-state index is 12.5. The Kier molecular flexibility index (Phi) is 58.3. The first kappa shape index (κ1) is 84.7. The van der Waals surface area contributed by atoms with Crippen molar-refractivity contribution >= 4 is 73.0 Å². The minimum Gasteiger partial charge on any atom is -1.00 e. The molecule has 0 aliphatic heterocycles. The maximum Gasteiger partial charge on any atom is 0.496 e. The second-order valence-electron chi connectivity index (χ2n) is 16.9. The monoisotopic (exact) mass is 1160 g/mol. The Balaban J connectivity index is -0.000000218. The van der Waals surface area contributed by atoms with Gasteiger partial charge in [0.05, 0.1) is 60.9 Å². The largest absolute Gasteiger partial charge is 1.00 e. The molecule has 21 heteroatoms. The number of allylic oxidation sites excluding steroid dienone is 8. The Morgan fingerprint density at radius 2 is 1.05 bits per heavy atom. The molecule has 3 aliphatic rings. The number of rotatable bonds is 19. The van der Waals surface area contributed by atoms with Gasteiger partial charge in [-0.3, -0.25) is 29.0 Å². The summed E-state index contributed by atoms with van der Waals surface area (Å²) in [5.41, 5.74) is 3.88. The predicted octanol–water partition coefficient (Wildman–Crippen LogP) is 6.96. The van der Waals surface area contributed by atoms with Gasteiger partial charge in [-0.05, 0) is 161 Å². The second-order valence-corrected chi connectivity index (χ2v) is 16.9. The van der Waals surface area contributed by atoms with Gasteiger partial charge in [0.1, 0.15) is 12.6 Å². The van der Waals surface area contributed by atoms with E-state index in [9.17, 15) is 24.0 Å². The van der Waals surface area contributed by atoms with E-state index < -0.39 is 10.8 Å². The molecule has 4 atom stereocenters. The lowest BCUT2D eigenvalue weighted by Gasteiger charge is -2.35. The van der Waals surface area contributed by atoms with Crippen molar-refractivity contribution in [3.05, 3.63) is 96.0 Å². The first-order valence-electron chi connectivity index (χ1n) is 26.2. The van der Waals surface area contributed by atoms with Crippen molar-refractivity contribution in [2.75, 3.05) is 33.0 Å². The molecule has 0 saturated heterocycles. The summed E-state index contributed by atoms with van der Waals surface area (Å²) in [5.74, 6) is -0.502. The fourth-order valence-corrected chi connectivity index (χ4v) is 8.05. The zero-order chi connectivity index (χ0) is 62.3. The number of halogens is 1. The fourth-order valence-electron chi connectivity index (χ4n) is 8.05. The van der Waals surface area contributed by atoms with Crippen LogP contribution in [0.1, 0.15) is 153 Å². The number of esters is 4. The van der Waals surface area contributed by atoms with Gasteiger partial charge in [0.25, 0.3) is 0 Å². The van der Waals surface area contributed by atoms with Crippen LogP contribution in [-0.2, 0) is 90.8 Å². The summed E-state index contributed by atoms with van der Waals surface area (Å²) in [6.07, 6.45) is 24.8. The van der Waals surface area contributed by atoms with Crippen LogP contribution in [0.5, 0.6) is 0 Å². The summed E-state index contributed by atoms with van der Waals surface area (Å²) in [5, 5.41) is 0. The Morgan fingerprint density at radius 1 is 0.630 bits per heavy atom. The summed E-state index contributed by atoms with van der Waals surface area (Å²) < 4.78 is 25.9. The minimum atomic E-state index is -0.468. The lowest BCUT2D eigenvalue weighted by Crippen LogP contribution is -3.00. The quantitative estimate of drug-likeness (QED) is 0.0257. The number of carbonyl (C=O) groups is 6. The van der Waals surface area contributed by atoms with Crippen LogP contribution in [0.15, 0.2) is 94.6 Å². The number of aldehydes is 2. The van der Waals surface area contributed by atoms with Crippen LogP contribution in [0.4, 0.5) is 5.69 Å². The number of benzene rings is 1. The van der Waals surface area contributed by atoms with Crippen LogP contribution in [0.3, 0.4) is 0 Å². The zero-order valence-corrected chi connectivity index (χ0v) is 49.7. The molecule has 81 heavy (non-hydrogen) atoms. The van der Waals surface area contributed by atoms with E-state index in [4.69, 9.17) is 62.1 Å². The van der Waals surface area contributed by atoms with E-state index in [0.29, 0.717) is 52.2 Å². The average Bonchev–Trinajstić information content (AvgIpc) is 3.46. The summed E-state index contributed by atoms with van der Waals surface area (Å²) in [7, 11) is 0. The van der Waals surface area contributed by atoms with Crippen LogP contribution in [0, 0.1) is 22.7 Å². The molecule has 1 aromatic carbocycles. The maximum atomic E-state index is 12.5. The molecule has 20 nitrogen and oxygen atoms in total. The second kappa shape index (κ2) is 55.8. The van der Waals surface area contributed by atoms with Crippen molar-refractivity contribution < 1.29 is 103 Å². The molecule has 3 aliphatic carbocycles. The van der Waals surface area contributed by atoms with Gasteiger partial charge in [-0.15, -0.1) is 0 Å². The number of hydrogen-bond acceptors (Lipinski definition) is 20. The van der Waals surface area contributed by atoms with Gasteiger partial charge in [-0.1, -0.05) is 75.4 Å². The van der Waals surface area contributed by atoms with E-state index in [-0.39, 0.29) is 72.4 Å². The third kappa shape index (κ3) is 37.9. The number of aliphatic imine (C=N–C) groups is 1. The van der Waals surface area contributed by atoms with Gasteiger partial charge in [0, 0.05) is 12.8 Å². The normalized spacial score (nSPS) is 18.4. The number of nitrogens with zero attached hydrogens (tertiary/aromatic N) is 1. The van der Waals surface area contributed by atoms with Crippen LogP contribution in [-0.4, -0.2) is 106 Å². The number of carbonyl (C=O) groups excluding carboxylic acids is 14. The van der Waals surface area contributed by atoms with Crippen molar-refractivity contribution in [1.82, 2.24) is 0 Å². The van der Waals surface area contributed by atoms with Crippen molar-refractivity contribution in [3.63, 3.8) is 0 Å². The molecule has 0 bridgehead atoms. The number of para-hydroxylation sites is 1. The van der Waals surface area contributed by atoms with Gasteiger partial charge < -0.3 is 36.1 Å². The topological polar surface area (TPSA) is 297 Å². The summed E-state index contributed by atoms with van der Waals surface area (Å²) in [6, 6.07) is 9.84. The highest BCUT2D eigenvalue weighted by molar-refractivity contribution is 5.87. The van der Waals surface area contributed by atoms with Gasteiger partial charge in [0.2, 0.25) is 0 Å². The molecule has 0 radical (unpaired) electrons. The molecule has 1 aromatic rings. The third-order valence-corrected chi connectivity index (χ3v) is 12.1. The highest BCUT2D eigenvalue weighted by Crippen LogP contribution is 2.44. The summed E-state index contributed by atoms with van der Waals surface area (Å²) in [4.78, 5) is 136. The Bertz CT molecular complexity index is 2180. The van der Waals surface area contributed by atoms with Crippen molar-refractivity contribution in [1.29, 1.82) is 0 Å². The molecule has 0 spiro atoms. The van der Waals surface area contributed by atoms with Gasteiger partial charge in [-0.2, -0.15) is 43.2 Å². The molecule has 0 heterocycles. The summed E-state index contributed by atoms with van der Waals surface area (Å²) in [6.45, 7) is 27.0. The Labute approximate surface area is 484 Å². The van der Waals surface area contributed by atoms with Crippen molar-refractivity contribution in [3.8, 4) is 0 Å². The highest BCUT2D eigenvalue weighted by atomic mass is 35.5. The molecule has 0 N–H and O–H groups in total. The van der Waals surface area contributed by atoms with Gasteiger partial charge in [0.15, 0.2) is 6.42 Å². The molecular weight excluding hydrogens is 1070 g/mol. The van der Waals surface area contributed by atoms with Crippen LogP contribution < -0.4 is 12.4 Å². The molecule has 0 amide bonds. The molecule has 0 saturated carbocycles. The Morgan fingerprint density at radius 3 is 1.43 bits per heavy atom. The average molecular weight is 1160 g/mol. The van der Waals surface area contributed by atoms with E-state index in [0.717, 1.165) is 87.3 Å². The van der Waals surface area contributed by atoms with Crippen molar-refractivity contribution in [2.24, 2.45) is 21.2 Å². The lowest BCUT2D eigenvalue weighted by atomic mass is 9.70. The van der Waals surface area contributed by atoms with E-state index in [2.05, 4.69) is 55.3 Å². The SMILES string of the molecule is C/C=C1/C=C(C=Nc2ccccc2)CC(CC)(C(=O)OCC)C1.C=CC=O.CCOC(=O)C1(CC)CCC=C(C(C)OCC)C1.CCOC(=O)C1(CC)CCC=C(C=O)C1.CC[CH+]C(=O)OCC.O=C=O.O=C=O.O=C=O.O=C=O.[Cl-]. The first-order chi connectivity index (χ1) is 38.3. The van der Waals surface area contributed by atoms with E-state index in [1.54, 1.807) is 13.8 Å². The minimum absolute atomic E-state index is 0. The standard InChI is InChI=1S/C20H25NO2.C15H26O3.C12H18O3.C6H11O2.C3H4O.4CO2.ClH/c1-4-16-12-17(15-21-18-10-8-7-9-11-18)14-20(5-2,13-16)19(22)23-6-3;1-5-15(14(16)18-7-3)10-8-9-13(11-15)12(4)17-6-2;1-3-12(11(14)15-4-2)7-5-6-10(8-12)9-13;1-3-5-6(7)8-4-2;1-2-3-4;4*2-1-3;/h4,7-12,15H,5-6,13-14H2,1-3H3;9,12H,5-8,10-11H2,1-4H3;6,9H,3-5,7-8H2,1-2H3;5H,3-4H2,1-2H3;2-3H,1H2;;;;;1H/q;;;+1;;;;;;/p-1/b16-4-,21-15?;;;;;;;;;. The van der Waals surface area contributed by atoms with Crippen LogP contribution >= 0.6 is 0 Å². The Hall–Kier alpha value is -7.55. The van der Waals surface area contributed by atoms with E-state index in [1.807, 2.05) is 84.2 Å². The molecule has 0 aromatic heterocycles. The lowest BCUT2D eigenvalue weighted by molar-refractivity contribution is -0.193. The van der Waals surface area contributed by atoms with E-state index >= 15 is 0 Å². The summed E-state index contributed by atoms with van der Waals surface area (Å²) >= 11 is 0. The molecule has 4 unspecified atom stereocenters. The highest BCUT2D eigenvalue weighted by Gasteiger charge is 2.43. The van der Waals surface area contributed by atoms with Crippen LogP contribution in [0.25, 0.3) is 0 Å². The smallest absolute Gasteiger partial charge is 0.496 e. The van der Waals surface area contributed by atoms with Gasteiger partial charge >= 0.3 is 48.5 Å². The first-order valence-corrected chi connectivity index (χ1v) is 26.2. The third-order valence-electron chi connectivity index (χ3n) is 12.1. The molecular formula is C60H84ClNO19. The molecule has 450 valence electrons. The molecule has 0 fully saturated rings. The van der Waals surface area contributed by atoms with Gasteiger partial charge in [-0.25, -0.2) is 0 Å². The zero-order valence-electron chi connectivity index (χ0n) is 49.0.